The molecule has 7 nitrogen and oxygen atoms in total. The first-order chi connectivity index (χ1) is 15.8. The Hall–Kier alpha value is -4.05. The average molecular weight is 443 g/mol. The average Bonchev–Trinajstić information content (AvgIpc) is 3.28. The lowest BCUT2D eigenvalue weighted by molar-refractivity contribution is -0.124. The first-order valence-electron chi connectivity index (χ1n) is 10.8. The number of carbonyl (C=O) groups excluding carboxylic acids is 2. The molecule has 2 heterocycles. The third kappa shape index (κ3) is 3.96. The van der Waals surface area contributed by atoms with Crippen molar-refractivity contribution in [2.45, 2.75) is 32.7 Å². The van der Waals surface area contributed by atoms with Crippen LogP contribution in [0.1, 0.15) is 37.1 Å². The van der Waals surface area contributed by atoms with Gasteiger partial charge in [-0.05, 0) is 32.0 Å². The van der Waals surface area contributed by atoms with Crippen LogP contribution >= 0.6 is 0 Å². The second-order valence-corrected chi connectivity index (χ2v) is 8.22. The topological polar surface area (TPSA) is 89.6 Å². The van der Waals surface area contributed by atoms with E-state index in [1.165, 1.54) is 0 Å². The molecule has 0 bridgehead atoms. The number of ketones is 1. The molecular formula is C26H26N4O3. The summed E-state index contributed by atoms with van der Waals surface area (Å²) in [5.74, 6) is 0.592. The number of rotatable bonds is 6. The number of nitriles is 1. The van der Waals surface area contributed by atoms with Crippen LogP contribution in [0.3, 0.4) is 0 Å². The van der Waals surface area contributed by atoms with Crippen LogP contribution in [0.15, 0.2) is 64.3 Å². The number of nitrogens with zero attached hydrogens (tertiary/aromatic N) is 3. The number of aryl methyl sites for hydroxylation is 1. The second-order valence-electron chi connectivity index (χ2n) is 8.22. The Balaban J connectivity index is 1.44. The number of nitrogens with one attached hydrogen (secondary N) is 1. The maximum absolute atomic E-state index is 12.9. The highest BCUT2D eigenvalue weighted by Gasteiger charge is 2.31. The molecule has 1 aliphatic heterocycles. The van der Waals surface area contributed by atoms with E-state index in [1.54, 1.807) is 0 Å². The zero-order chi connectivity index (χ0) is 23.7. The molecule has 4 rings (SSSR count). The summed E-state index contributed by atoms with van der Waals surface area (Å²) in [4.78, 5) is 29.1. The highest BCUT2D eigenvalue weighted by Crippen LogP contribution is 2.40. The van der Waals surface area contributed by atoms with Crippen molar-refractivity contribution in [3.8, 4) is 6.07 Å². The molecule has 3 aromatic rings. The van der Waals surface area contributed by atoms with Gasteiger partial charge in [-0.3, -0.25) is 9.59 Å². The maximum atomic E-state index is 12.9. The van der Waals surface area contributed by atoms with Gasteiger partial charge in [-0.25, -0.2) is 0 Å². The fraction of sp³-hybridized carbons (Fsp3) is 0.269. The van der Waals surface area contributed by atoms with Crippen molar-refractivity contribution < 1.29 is 14.0 Å². The molecule has 2 aromatic carbocycles. The number of para-hydroxylation sites is 3. The van der Waals surface area contributed by atoms with Gasteiger partial charge in [0.1, 0.15) is 28.8 Å². The highest BCUT2D eigenvalue weighted by atomic mass is 16.3. The van der Waals surface area contributed by atoms with Crippen molar-refractivity contribution >= 4 is 34.0 Å². The van der Waals surface area contributed by atoms with Gasteiger partial charge in [0, 0.05) is 37.9 Å². The van der Waals surface area contributed by atoms with Crippen molar-refractivity contribution in [1.29, 1.82) is 5.26 Å². The largest absolute Gasteiger partial charge is 0.459 e. The normalized spacial score (nSPS) is 13.6. The Labute approximate surface area is 192 Å². The lowest BCUT2D eigenvalue weighted by atomic mass is 10.1. The minimum Gasteiger partial charge on any atom is -0.459 e. The van der Waals surface area contributed by atoms with Crippen molar-refractivity contribution in [3.63, 3.8) is 0 Å². The summed E-state index contributed by atoms with van der Waals surface area (Å²) >= 11 is 0. The van der Waals surface area contributed by atoms with E-state index in [1.807, 2.05) is 86.3 Å². The molecule has 0 fully saturated rings. The number of fused-ring (bicyclic) bond motifs is 2. The summed E-state index contributed by atoms with van der Waals surface area (Å²) in [7, 11) is 3.65. The van der Waals surface area contributed by atoms with Gasteiger partial charge in [0.25, 0.3) is 0 Å². The lowest BCUT2D eigenvalue weighted by Gasteiger charge is -2.20. The van der Waals surface area contributed by atoms with Gasteiger partial charge in [-0.1, -0.05) is 30.3 Å². The van der Waals surface area contributed by atoms with Gasteiger partial charge in [-0.15, -0.1) is 0 Å². The van der Waals surface area contributed by atoms with Crippen LogP contribution in [-0.2, 0) is 9.59 Å². The first kappa shape index (κ1) is 22.2. The van der Waals surface area contributed by atoms with Gasteiger partial charge < -0.3 is 19.5 Å². The molecule has 1 unspecified atom stereocenters. The minimum absolute atomic E-state index is 0.0126. The molecular weight excluding hydrogens is 416 g/mol. The van der Waals surface area contributed by atoms with Gasteiger partial charge in [-0.2, -0.15) is 5.26 Å². The van der Waals surface area contributed by atoms with E-state index in [-0.39, 0.29) is 36.1 Å². The standard InChI is InChI=1S/C26H26N4O3/c1-16-18-9-5-8-12-23(18)33-25(16)17(2)28-24(32)14-13-22(31)19(15-27)26-29(3)20-10-6-7-11-21(20)30(26)4/h5-12,17H,13-14H2,1-4H3,(H,28,32). The highest BCUT2D eigenvalue weighted by molar-refractivity contribution is 6.03. The molecule has 1 aliphatic rings. The molecule has 0 saturated heterocycles. The zero-order valence-corrected chi connectivity index (χ0v) is 19.2. The molecule has 33 heavy (non-hydrogen) atoms. The third-order valence-electron chi connectivity index (χ3n) is 6.08. The van der Waals surface area contributed by atoms with E-state index in [9.17, 15) is 14.9 Å². The Morgan fingerprint density at radius 2 is 1.64 bits per heavy atom. The van der Waals surface area contributed by atoms with Crippen LogP contribution in [0.4, 0.5) is 11.4 Å². The smallest absolute Gasteiger partial charge is 0.221 e. The predicted molar refractivity (Wildman–Crippen MR) is 128 cm³/mol. The number of furan rings is 1. The Morgan fingerprint density at radius 1 is 1.03 bits per heavy atom. The quantitative estimate of drug-likeness (QED) is 0.444. The molecule has 1 amide bonds. The minimum atomic E-state index is -0.360. The van der Waals surface area contributed by atoms with Crippen LogP contribution < -0.4 is 15.1 Å². The molecule has 1 atom stereocenters. The summed E-state index contributed by atoms with van der Waals surface area (Å²) in [6.45, 7) is 3.82. The summed E-state index contributed by atoms with van der Waals surface area (Å²) in [5, 5.41) is 13.7. The Bertz CT molecular complexity index is 1280. The lowest BCUT2D eigenvalue weighted by Crippen LogP contribution is -2.28. The van der Waals surface area contributed by atoms with Crippen LogP contribution in [-0.4, -0.2) is 25.8 Å². The number of hydrogen-bond acceptors (Lipinski definition) is 6. The van der Waals surface area contributed by atoms with E-state index < -0.39 is 0 Å². The maximum Gasteiger partial charge on any atom is 0.221 e. The van der Waals surface area contributed by atoms with Crippen LogP contribution in [0.2, 0.25) is 0 Å². The Morgan fingerprint density at radius 3 is 2.24 bits per heavy atom. The molecule has 1 N–H and O–H groups in total. The van der Waals surface area contributed by atoms with E-state index in [0.717, 1.165) is 27.9 Å². The first-order valence-corrected chi connectivity index (χ1v) is 10.8. The number of allylic oxidation sites excluding steroid dienone is 1. The number of hydrogen-bond donors (Lipinski definition) is 1. The van der Waals surface area contributed by atoms with Crippen molar-refractivity contribution in [1.82, 2.24) is 5.32 Å². The number of Topliss-reactive ketones (excluding diaryl/α,β-unsaturated/α-hetero) is 1. The van der Waals surface area contributed by atoms with E-state index in [4.69, 9.17) is 4.42 Å². The Kier molecular flexibility index (Phi) is 5.93. The third-order valence-corrected chi connectivity index (χ3v) is 6.08. The summed E-state index contributed by atoms with van der Waals surface area (Å²) in [6, 6.07) is 17.1. The fourth-order valence-corrected chi connectivity index (χ4v) is 4.39. The molecule has 7 heteroatoms. The summed E-state index contributed by atoms with van der Waals surface area (Å²) in [6.07, 6.45) is -0.0661. The van der Waals surface area contributed by atoms with E-state index >= 15 is 0 Å². The van der Waals surface area contributed by atoms with E-state index in [0.29, 0.717) is 11.6 Å². The predicted octanol–water partition coefficient (Wildman–Crippen LogP) is 4.59. The van der Waals surface area contributed by atoms with Crippen LogP contribution in [0.5, 0.6) is 0 Å². The molecule has 0 radical (unpaired) electrons. The summed E-state index contributed by atoms with van der Waals surface area (Å²) in [5.41, 5.74) is 3.65. The van der Waals surface area contributed by atoms with Crippen molar-refractivity contribution in [3.05, 3.63) is 71.2 Å². The molecule has 1 aromatic heterocycles. The number of amides is 1. The molecule has 168 valence electrons. The number of carbonyl (C=O) groups is 2. The number of anilines is 2. The molecule has 0 aliphatic carbocycles. The van der Waals surface area contributed by atoms with Crippen molar-refractivity contribution in [2.75, 3.05) is 23.9 Å². The van der Waals surface area contributed by atoms with Crippen molar-refractivity contribution in [2.24, 2.45) is 0 Å². The van der Waals surface area contributed by atoms with Crippen LogP contribution in [0, 0.1) is 18.3 Å². The van der Waals surface area contributed by atoms with Crippen LogP contribution in [0.25, 0.3) is 11.0 Å². The van der Waals surface area contributed by atoms with E-state index in [2.05, 4.69) is 11.4 Å². The monoisotopic (exact) mass is 442 g/mol. The zero-order valence-electron chi connectivity index (χ0n) is 19.2. The number of benzene rings is 2. The van der Waals surface area contributed by atoms with Gasteiger partial charge in [0.05, 0.1) is 17.4 Å². The molecule has 0 spiro atoms. The van der Waals surface area contributed by atoms with Gasteiger partial charge in [0.15, 0.2) is 5.78 Å². The summed E-state index contributed by atoms with van der Waals surface area (Å²) < 4.78 is 5.92. The SMILES string of the molecule is Cc1c(C(C)NC(=O)CCC(=O)C(C#N)=C2N(C)c3ccccc3N2C)oc2ccccc12. The van der Waals surface area contributed by atoms with Gasteiger partial charge in [0.2, 0.25) is 5.91 Å². The second kappa shape index (κ2) is 8.83. The fourth-order valence-electron chi connectivity index (χ4n) is 4.39. The van der Waals surface area contributed by atoms with Gasteiger partial charge >= 0.3 is 0 Å². The molecule has 0 saturated carbocycles.